The number of rotatable bonds is 9. The Balaban J connectivity index is 1.35. The normalized spacial score (nSPS) is 19.8. The fraction of sp³-hybridized carbons (Fsp3) is 0.444. The molecular formula is C27H32N2O6. The smallest absolute Gasteiger partial charge is 0.407 e. The Bertz CT molecular complexity index is 1030. The number of carboxylic acid groups (broad SMARTS) is 1. The van der Waals surface area contributed by atoms with Gasteiger partial charge in [0.05, 0.1) is 6.10 Å². The number of amides is 2. The highest BCUT2D eigenvalue weighted by atomic mass is 16.5. The summed E-state index contributed by atoms with van der Waals surface area (Å²) in [6.07, 6.45) is 1.80. The number of carbonyl (C=O) groups excluding carboxylic acids is 2. The molecule has 0 bridgehead atoms. The average Bonchev–Trinajstić information content (AvgIpc) is 3.17. The molecule has 35 heavy (non-hydrogen) atoms. The van der Waals surface area contributed by atoms with Gasteiger partial charge in [-0.05, 0) is 53.9 Å². The maximum absolute atomic E-state index is 12.8. The van der Waals surface area contributed by atoms with Crippen LogP contribution in [0.4, 0.5) is 4.79 Å². The number of hydrogen-bond acceptors (Lipinski definition) is 5. The van der Waals surface area contributed by atoms with E-state index in [-0.39, 0.29) is 37.4 Å². The lowest BCUT2D eigenvalue weighted by molar-refractivity contribution is -0.137. The van der Waals surface area contributed by atoms with Crippen molar-refractivity contribution in [3.63, 3.8) is 0 Å². The van der Waals surface area contributed by atoms with Gasteiger partial charge < -0.3 is 25.6 Å². The fourth-order valence-corrected chi connectivity index (χ4v) is 5.14. The van der Waals surface area contributed by atoms with Crippen molar-refractivity contribution >= 4 is 18.0 Å². The molecular weight excluding hydrogens is 448 g/mol. The molecule has 1 saturated carbocycles. The van der Waals surface area contributed by atoms with Crippen LogP contribution in [0.25, 0.3) is 11.1 Å². The Morgan fingerprint density at radius 1 is 1.00 bits per heavy atom. The minimum absolute atomic E-state index is 0.0430. The van der Waals surface area contributed by atoms with Gasteiger partial charge in [-0.2, -0.15) is 0 Å². The summed E-state index contributed by atoms with van der Waals surface area (Å²) in [5.41, 5.74) is 4.39. The molecule has 3 atom stereocenters. The van der Waals surface area contributed by atoms with E-state index in [0.29, 0.717) is 13.0 Å². The summed E-state index contributed by atoms with van der Waals surface area (Å²) < 4.78 is 5.53. The number of alkyl carbamates (subject to hydrolysis) is 1. The Kier molecular flexibility index (Phi) is 8.02. The van der Waals surface area contributed by atoms with E-state index >= 15 is 0 Å². The topological polar surface area (TPSA) is 125 Å². The largest absolute Gasteiger partial charge is 0.481 e. The number of hydrogen-bond donors (Lipinski definition) is 4. The molecule has 1 fully saturated rings. The molecule has 0 heterocycles. The maximum Gasteiger partial charge on any atom is 0.407 e. The zero-order valence-corrected chi connectivity index (χ0v) is 19.6. The van der Waals surface area contributed by atoms with Gasteiger partial charge in [0.1, 0.15) is 12.6 Å². The molecule has 4 rings (SSSR count). The summed E-state index contributed by atoms with van der Waals surface area (Å²) in [5.74, 6) is -1.44. The first-order valence-corrected chi connectivity index (χ1v) is 12.2. The number of fused-ring (bicyclic) bond motifs is 3. The van der Waals surface area contributed by atoms with E-state index in [0.717, 1.165) is 41.5 Å². The van der Waals surface area contributed by atoms with Crippen LogP contribution < -0.4 is 10.6 Å². The van der Waals surface area contributed by atoms with Crippen molar-refractivity contribution in [1.82, 2.24) is 10.6 Å². The summed E-state index contributed by atoms with van der Waals surface area (Å²) in [5, 5.41) is 24.3. The SMILES string of the molecule is O=C(O)CCC(NC(=O)OCC1c2ccccc2-c2ccccc21)C(=O)NCC1CCCC(O)C1. The molecule has 0 saturated heterocycles. The maximum atomic E-state index is 12.8. The minimum atomic E-state index is -1.05. The van der Waals surface area contributed by atoms with Gasteiger partial charge >= 0.3 is 12.1 Å². The molecule has 2 aliphatic carbocycles. The Hall–Kier alpha value is -3.39. The van der Waals surface area contributed by atoms with Gasteiger partial charge in [0.2, 0.25) is 5.91 Å². The second kappa shape index (κ2) is 11.4. The standard InChI is InChI=1S/C27H32N2O6/c30-18-7-5-6-17(14-18)15-28-26(33)24(12-13-25(31)32)29-27(34)35-16-23-21-10-3-1-8-19(21)20-9-2-4-11-22(20)23/h1-4,8-11,17-18,23-24,30H,5-7,12-16H2,(H,28,33)(H,29,34)(H,31,32). The summed E-state index contributed by atoms with van der Waals surface area (Å²) >= 11 is 0. The predicted molar refractivity (Wildman–Crippen MR) is 130 cm³/mol. The number of benzene rings is 2. The number of carbonyl (C=O) groups is 3. The van der Waals surface area contributed by atoms with E-state index in [1.54, 1.807) is 0 Å². The van der Waals surface area contributed by atoms with Gasteiger partial charge in [-0.3, -0.25) is 9.59 Å². The highest BCUT2D eigenvalue weighted by Crippen LogP contribution is 2.44. The molecule has 0 aliphatic heterocycles. The predicted octanol–water partition coefficient (Wildman–Crippen LogP) is 3.43. The van der Waals surface area contributed by atoms with Crippen molar-refractivity contribution < 1.29 is 29.3 Å². The number of aliphatic hydroxyl groups is 1. The highest BCUT2D eigenvalue weighted by Gasteiger charge is 2.30. The number of aliphatic carboxylic acids is 1. The number of nitrogens with one attached hydrogen (secondary N) is 2. The average molecular weight is 481 g/mol. The molecule has 186 valence electrons. The molecule has 4 N–H and O–H groups in total. The zero-order chi connectivity index (χ0) is 24.8. The molecule has 2 aliphatic rings. The first-order chi connectivity index (χ1) is 16.9. The lowest BCUT2D eigenvalue weighted by atomic mass is 9.87. The molecule has 3 unspecified atom stereocenters. The van der Waals surface area contributed by atoms with E-state index in [9.17, 15) is 19.5 Å². The summed E-state index contributed by atoms with van der Waals surface area (Å²) in [6, 6.07) is 15.0. The quantitative estimate of drug-likeness (QED) is 0.436. The molecule has 2 aromatic rings. The monoisotopic (exact) mass is 480 g/mol. The van der Waals surface area contributed by atoms with Gasteiger partial charge in [-0.25, -0.2) is 4.79 Å². The van der Waals surface area contributed by atoms with E-state index in [1.807, 2.05) is 48.5 Å². The molecule has 0 aromatic heterocycles. The van der Waals surface area contributed by atoms with Crippen LogP contribution >= 0.6 is 0 Å². The Morgan fingerprint density at radius 3 is 2.29 bits per heavy atom. The van der Waals surface area contributed by atoms with E-state index < -0.39 is 24.0 Å². The molecule has 0 spiro atoms. The van der Waals surface area contributed by atoms with Crippen molar-refractivity contribution in [3.8, 4) is 11.1 Å². The van der Waals surface area contributed by atoms with Gasteiger partial charge in [0.25, 0.3) is 0 Å². The Morgan fingerprint density at radius 2 is 1.66 bits per heavy atom. The van der Waals surface area contributed by atoms with Crippen LogP contribution in [0.15, 0.2) is 48.5 Å². The van der Waals surface area contributed by atoms with Gasteiger partial charge in [0.15, 0.2) is 0 Å². The van der Waals surface area contributed by atoms with Crippen LogP contribution in [0.3, 0.4) is 0 Å². The van der Waals surface area contributed by atoms with Crippen LogP contribution in [0, 0.1) is 5.92 Å². The summed E-state index contributed by atoms with van der Waals surface area (Å²) in [4.78, 5) is 36.5. The van der Waals surface area contributed by atoms with Crippen molar-refractivity contribution in [2.24, 2.45) is 5.92 Å². The lowest BCUT2D eigenvalue weighted by Crippen LogP contribution is -2.48. The number of carboxylic acids is 1. The van der Waals surface area contributed by atoms with Crippen LogP contribution in [0.2, 0.25) is 0 Å². The van der Waals surface area contributed by atoms with Crippen LogP contribution in [-0.4, -0.2) is 53.5 Å². The van der Waals surface area contributed by atoms with Gasteiger partial charge in [-0.1, -0.05) is 55.0 Å². The van der Waals surface area contributed by atoms with Crippen LogP contribution in [0.1, 0.15) is 55.6 Å². The van der Waals surface area contributed by atoms with Gasteiger partial charge in [0, 0.05) is 18.9 Å². The zero-order valence-electron chi connectivity index (χ0n) is 19.6. The molecule has 2 aromatic carbocycles. The first kappa shape index (κ1) is 24.7. The number of ether oxygens (including phenoxy) is 1. The molecule has 0 radical (unpaired) electrons. The second-order valence-electron chi connectivity index (χ2n) is 9.39. The minimum Gasteiger partial charge on any atom is -0.481 e. The molecule has 8 heteroatoms. The third-order valence-corrected chi connectivity index (χ3v) is 6.92. The van der Waals surface area contributed by atoms with Gasteiger partial charge in [-0.15, -0.1) is 0 Å². The third-order valence-electron chi connectivity index (χ3n) is 6.92. The summed E-state index contributed by atoms with van der Waals surface area (Å²) in [7, 11) is 0. The second-order valence-corrected chi connectivity index (χ2v) is 9.39. The fourth-order valence-electron chi connectivity index (χ4n) is 5.14. The Labute approximate surface area is 204 Å². The van der Waals surface area contributed by atoms with E-state index in [4.69, 9.17) is 9.84 Å². The molecule has 2 amide bonds. The molecule has 8 nitrogen and oxygen atoms in total. The van der Waals surface area contributed by atoms with E-state index in [2.05, 4.69) is 10.6 Å². The van der Waals surface area contributed by atoms with Crippen molar-refractivity contribution in [3.05, 3.63) is 59.7 Å². The first-order valence-electron chi connectivity index (χ1n) is 12.2. The van der Waals surface area contributed by atoms with Crippen LogP contribution in [-0.2, 0) is 14.3 Å². The van der Waals surface area contributed by atoms with Crippen molar-refractivity contribution in [1.29, 1.82) is 0 Å². The highest BCUT2D eigenvalue weighted by molar-refractivity contribution is 5.86. The number of aliphatic hydroxyl groups excluding tert-OH is 1. The third kappa shape index (κ3) is 6.19. The van der Waals surface area contributed by atoms with Crippen molar-refractivity contribution in [2.75, 3.05) is 13.2 Å². The lowest BCUT2D eigenvalue weighted by Gasteiger charge is -2.27. The van der Waals surface area contributed by atoms with Crippen molar-refractivity contribution in [2.45, 2.75) is 56.6 Å². The van der Waals surface area contributed by atoms with E-state index in [1.165, 1.54) is 0 Å². The van der Waals surface area contributed by atoms with Crippen LogP contribution in [0.5, 0.6) is 0 Å². The summed E-state index contributed by atoms with van der Waals surface area (Å²) in [6.45, 7) is 0.485.